The van der Waals surface area contributed by atoms with Crippen molar-refractivity contribution in [1.82, 2.24) is 14.9 Å². The van der Waals surface area contributed by atoms with Crippen molar-refractivity contribution in [3.8, 4) is 5.75 Å². The molecule has 2 N–H and O–H groups in total. The van der Waals surface area contributed by atoms with E-state index in [4.69, 9.17) is 16.3 Å². The monoisotopic (exact) mass is 676 g/mol. The van der Waals surface area contributed by atoms with E-state index in [1.54, 1.807) is 6.92 Å². The number of nitrogens with zero attached hydrogens (tertiary/aromatic N) is 2. The molecule has 0 radical (unpaired) electrons. The molecule has 1 aromatic carbocycles. The molecule has 44 heavy (non-hydrogen) atoms. The Morgan fingerprint density at radius 3 is 2.55 bits per heavy atom. The highest BCUT2D eigenvalue weighted by molar-refractivity contribution is 7.89. The second kappa shape index (κ2) is 14.6. The maximum atomic E-state index is 13.8. The van der Waals surface area contributed by atoms with E-state index < -0.39 is 64.2 Å². The van der Waals surface area contributed by atoms with Gasteiger partial charge in [-0.25, -0.2) is 8.42 Å². The fourth-order valence-electron chi connectivity index (χ4n) is 4.66. The third-order valence-electron chi connectivity index (χ3n) is 6.80. The van der Waals surface area contributed by atoms with Gasteiger partial charge in [0, 0.05) is 25.6 Å². The number of hydrogen-bond donors (Lipinski definition) is 2. The van der Waals surface area contributed by atoms with Gasteiger partial charge in [-0.2, -0.15) is 13.5 Å². The number of carbonyl (C=O) groups excluding carboxylic acids is 4. The lowest BCUT2D eigenvalue weighted by atomic mass is 10.1. The number of piperidine rings is 1. The van der Waals surface area contributed by atoms with Crippen LogP contribution in [0.3, 0.4) is 0 Å². The normalized spacial score (nSPS) is 16.0. The summed E-state index contributed by atoms with van der Waals surface area (Å²) in [5.41, 5.74) is -0.162. The minimum absolute atomic E-state index is 0.0593. The molecule has 3 amide bonds. The van der Waals surface area contributed by atoms with Gasteiger partial charge in [0.2, 0.25) is 21.8 Å². The van der Waals surface area contributed by atoms with Crippen molar-refractivity contribution in [2.75, 3.05) is 31.1 Å². The van der Waals surface area contributed by atoms with Gasteiger partial charge in [-0.3, -0.25) is 19.2 Å². The fourth-order valence-corrected chi connectivity index (χ4v) is 6.96. The maximum Gasteiger partial charge on any atom is 0.387 e. The number of hydrogen-bond acceptors (Lipinski definition) is 9. The van der Waals surface area contributed by atoms with E-state index in [0.717, 1.165) is 17.4 Å². The van der Waals surface area contributed by atoms with Crippen molar-refractivity contribution in [2.24, 2.45) is 0 Å². The lowest BCUT2D eigenvalue weighted by molar-refractivity contribution is -0.149. The highest BCUT2D eigenvalue weighted by Crippen LogP contribution is 2.38. The smallest absolute Gasteiger partial charge is 0.387 e. The van der Waals surface area contributed by atoms with E-state index in [-0.39, 0.29) is 42.1 Å². The van der Waals surface area contributed by atoms with E-state index >= 15 is 0 Å². The molecule has 1 aliphatic heterocycles. The summed E-state index contributed by atoms with van der Waals surface area (Å²) >= 11 is 6.87. The van der Waals surface area contributed by atoms with Crippen LogP contribution < -0.4 is 19.7 Å². The number of para-hydroxylation sites is 1. The van der Waals surface area contributed by atoms with Crippen LogP contribution >= 0.6 is 22.9 Å². The van der Waals surface area contributed by atoms with Gasteiger partial charge in [-0.1, -0.05) is 17.7 Å². The van der Waals surface area contributed by atoms with Crippen LogP contribution in [-0.2, 0) is 29.1 Å². The molecule has 1 aromatic heterocycles. The van der Waals surface area contributed by atoms with Gasteiger partial charge in [-0.15, -0.1) is 11.3 Å². The molecule has 1 unspecified atom stereocenters. The zero-order valence-electron chi connectivity index (χ0n) is 23.6. The quantitative estimate of drug-likeness (QED) is 0.290. The van der Waals surface area contributed by atoms with Gasteiger partial charge < -0.3 is 24.6 Å². The summed E-state index contributed by atoms with van der Waals surface area (Å²) in [4.78, 5) is 53.2. The zero-order valence-corrected chi connectivity index (χ0v) is 26.0. The van der Waals surface area contributed by atoms with Crippen LogP contribution in [0.25, 0.3) is 0 Å². The number of nitrogens with one attached hydrogen (secondary N) is 2. The first kappa shape index (κ1) is 33.6. The fraction of sp³-hybridized carbons (Fsp3) is 0.481. The molecule has 2 aliphatic rings. The van der Waals surface area contributed by atoms with Crippen molar-refractivity contribution in [3.05, 3.63) is 39.5 Å². The summed E-state index contributed by atoms with van der Waals surface area (Å²) < 4.78 is 66.9. The Balaban J connectivity index is 1.68. The Hall–Kier alpha value is -3.34. The second-order valence-electron chi connectivity index (χ2n) is 9.98. The SMILES string of the molecule is CCOC(=O)CN(C(=O)C(CNC(=O)c1ccc(Cl)s1)NS(=O)(=O)c1cccc(N2CCCCC2=O)c1OC(F)F)C1CC1. The van der Waals surface area contributed by atoms with E-state index in [0.29, 0.717) is 30.0 Å². The average molecular weight is 677 g/mol. The van der Waals surface area contributed by atoms with Gasteiger partial charge in [0.1, 0.15) is 17.5 Å². The molecule has 1 saturated heterocycles. The molecule has 17 heteroatoms. The van der Waals surface area contributed by atoms with E-state index in [1.807, 2.05) is 0 Å². The first-order valence-electron chi connectivity index (χ1n) is 13.8. The molecule has 2 fully saturated rings. The number of esters is 1. The van der Waals surface area contributed by atoms with Crippen molar-refractivity contribution in [3.63, 3.8) is 0 Å². The largest absolute Gasteiger partial charge is 0.465 e. The van der Waals surface area contributed by atoms with Crippen molar-refractivity contribution >= 4 is 62.3 Å². The summed E-state index contributed by atoms with van der Waals surface area (Å²) in [6.07, 6.45) is 2.42. The maximum absolute atomic E-state index is 13.8. The molecule has 1 atom stereocenters. The number of sulfonamides is 1. The number of carbonyl (C=O) groups is 4. The molecule has 2 heterocycles. The number of thiophene rings is 1. The van der Waals surface area contributed by atoms with E-state index in [2.05, 4.69) is 14.8 Å². The van der Waals surface area contributed by atoms with Crippen molar-refractivity contribution in [2.45, 2.75) is 62.6 Å². The van der Waals surface area contributed by atoms with E-state index in [9.17, 15) is 36.4 Å². The highest BCUT2D eigenvalue weighted by atomic mass is 35.5. The lowest BCUT2D eigenvalue weighted by Gasteiger charge is -2.30. The van der Waals surface area contributed by atoms with Crippen molar-refractivity contribution < 1.29 is 45.9 Å². The average Bonchev–Trinajstić information content (AvgIpc) is 3.72. The van der Waals surface area contributed by atoms with Crippen LogP contribution in [-0.4, -0.2) is 81.9 Å². The number of amides is 3. The number of rotatable bonds is 14. The van der Waals surface area contributed by atoms with Crippen LogP contribution in [0.4, 0.5) is 14.5 Å². The van der Waals surface area contributed by atoms with Gasteiger partial charge >= 0.3 is 12.6 Å². The standard InChI is InChI=1S/C27H31ClF2N4O8S2/c1-2-41-23(36)15-34(16-9-10-16)26(38)17(14-31-25(37)19-11-12-21(28)43-19)32-44(39,40)20-7-5-6-18(24(20)42-27(29)30)33-13-4-3-8-22(33)35/h5-7,11-12,16-17,27,32H,2-4,8-10,13-15H2,1H3,(H,31,37). The Morgan fingerprint density at radius 2 is 1.93 bits per heavy atom. The summed E-state index contributed by atoms with van der Waals surface area (Å²) in [5, 5.41) is 2.49. The Morgan fingerprint density at radius 1 is 1.18 bits per heavy atom. The third-order valence-corrected chi connectivity index (χ3v) is 9.53. The van der Waals surface area contributed by atoms with Gasteiger partial charge in [-0.05, 0) is 56.9 Å². The predicted octanol–water partition coefficient (Wildman–Crippen LogP) is 3.15. The molecular formula is C27H31ClF2N4O8S2. The first-order chi connectivity index (χ1) is 20.9. The van der Waals surface area contributed by atoms with Crippen LogP contribution in [0.15, 0.2) is 35.2 Å². The molecule has 1 aliphatic carbocycles. The number of halogens is 3. The number of benzene rings is 1. The van der Waals surface area contributed by atoms with Crippen LogP contribution in [0.2, 0.25) is 4.34 Å². The molecule has 4 rings (SSSR count). The molecule has 240 valence electrons. The Kier molecular flexibility index (Phi) is 11.2. The van der Waals surface area contributed by atoms with Crippen molar-refractivity contribution in [1.29, 1.82) is 0 Å². The molecule has 12 nitrogen and oxygen atoms in total. The molecule has 0 bridgehead atoms. The number of anilines is 1. The summed E-state index contributed by atoms with van der Waals surface area (Å²) in [7, 11) is -4.83. The molecule has 1 saturated carbocycles. The predicted molar refractivity (Wildman–Crippen MR) is 156 cm³/mol. The molecular weight excluding hydrogens is 646 g/mol. The summed E-state index contributed by atoms with van der Waals surface area (Å²) in [6.45, 7) is -2.64. The minimum Gasteiger partial charge on any atom is -0.465 e. The zero-order chi connectivity index (χ0) is 32.0. The molecule has 0 spiro atoms. The number of alkyl halides is 2. The lowest BCUT2D eigenvalue weighted by Crippen LogP contribution is -2.55. The summed E-state index contributed by atoms with van der Waals surface area (Å²) in [5.74, 6) is -3.35. The van der Waals surface area contributed by atoms with Gasteiger partial charge in [0.05, 0.1) is 21.5 Å². The summed E-state index contributed by atoms with van der Waals surface area (Å²) in [6, 6.07) is 4.46. The van der Waals surface area contributed by atoms with E-state index in [1.165, 1.54) is 34.1 Å². The van der Waals surface area contributed by atoms with Gasteiger partial charge in [0.25, 0.3) is 5.91 Å². The highest BCUT2D eigenvalue weighted by Gasteiger charge is 2.40. The third kappa shape index (κ3) is 8.43. The van der Waals surface area contributed by atoms with Crippen LogP contribution in [0.5, 0.6) is 5.75 Å². The Bertz CT molecular complexity index is 1500. The number of ether oxygens (including phenoxy) is 2. The topological polar surface area (TPSA) is 151 Å². The Labute approximate surface area is 261 Å². The van der Waals surface area contributed by atoms with Crippen LogP contribution in [0, 0.1) is 0 Å². The first-order valence-corrected chi connectivity index (χ1v) is 16.5. The second-order valence-corrected chi connectivity index (χ2v) is 13.4. The minimum atomic E-state index is -4.83. The van der Waals surface area contributed by atoms with Gasteiger partial charge in [0.15, 0.2) is 5.75 Å². The molecule has 2 aromatic rings. The van der Waals surface area contributed by atoms with Crippen LogP contribution in [0.1, 0.15) is 48.7 Å².